The third kappa shape index (κ3) is 4.46. The van der Waals surface area contributed by atoms with E-state index in [-0.39, 0.29) is 0 Å². The van der Waals surface area contributed by atoms with Crippen LogP contribution in [0, 0.1) is 6.92 Å². The summed E-state index contributed by atoms with van der Waals surface area (Å²) in [5.74, 6) is 2.65. The second-order valence-electron chi connectivity index (χ2n) is 4.53. The zero-order valence-electron chi connectivity index (χ0n) is 12.0. The highest BCUT2D eigenvalue weighted by Gasteiger charge is 1.97. The van der Waals surface area contributed by atoms with E-state index in [1.54, 1.807) is 0 Å². The molecule has 0 amide bonds. The Morgan fingerprint density at radius 2 is 1.80 bits per heavy atom. The van der Waals surface area contributed by atoms with Gasteiger partial charge in [-0.25, -0.2) is 4.98 Å². The van der Waals surface area contributed by atoms with E-state index in [9.17, 15) is 0 Å². The van der Waals surface area contributed by atoms with E-state index >= 15 is 0 Å². The molecule has 0 aliphatic carbocycles. The number of aryl methyl sites for hydroxylation is 1. The van der Waals surface area contributed by atoms with E-state index in [0.29, 0.717) is 6.61 Å². The first-order chi connectivity index (χ1) is 9.78. The van der Waals surface area contributed by atoms with Crippen molar-refractivity contribution in [1.82, 2.24) is 4.98 Å². The van der Waals surface area contributed by atoms with Crippen molar-refractivity contribution in [2.24, 2.45) is 0 Å². The van der Waals surface area contributed by atoms with Crippen LogP contribution in [0.15, 0.2) is 42.5 Å². The Hall–Kier alpha value is -2.23. The van der Waals surface area contributed by atoms with Crippen LogP contribution in [0.2, 0.25) is 0 Å². The first kappa shape index (κ1) is 14.2. The molecule has 4 heteroatoms. The smallest absolute Gasteiger partial charge is 0.128 e. The first-order valence-electron chi connectivity index (χ1n) is 6.92. The maximum absolute atomic E-state index is 5.68. The molecule has 2 N–H and O–H groups in total. The number of nitrogens with zero attached hydrogens (tertiary/aromatic N) is 1. The normalized spacial score (nSPS) is 10.1. The van der Waals surface area contributed by atoms with Gasteiger partial charge in [0.2, 0.25) is 0 Å². The first-order valence-corrected chi connectivity index (χ1v) is 6.92. The molecule has 0 saturated heterocycles. The number of benzene rings is 1. The van der Waals surface area contributed by atoms with Crippen LogP contribution >= 0.6 is 0 Å². The molecule has 1 aromatic heterocycles. The Kier molecular flexibility index (Phi) is 5.24. The Labute approximate surface area is 120 Å². The highest BCUT2D eigenvalue weighted by molar-refractivity contribution is 5.44. The molecule has 1 heterocycles. The number of pyridine rings is 1. The molecule has 2 aromatic rings. The van der Waals surface area contributed by atoms with Gasteiger partial charge < -0.3 is 15.4 Å². The lowest BCUT2D eigenvalue weighted by Gasteiger charge is -2.09. The Balaban J connectivity index is 1.77. The zero-order chi connectivity index (χ0) is 14.2. The highest BCUT2D eigenvalue weighted by atomic mass is 16.5. The number of nitrogens with one attached hydrogen (secondary N) is 2. The average Bonchev–Trinajstić information content (AvgIpc) is 2.45. The number of anilines is 2. The molecular formula is C16H21N3O. The van der Waals surface area contributed by atoms with Crippen LogP contribution in [-0.4, -0.2) is 24.7 Å². The molecule has 4 nitrogen and oxygen atoms in total. The summed E-state index contributed by atoms with van der Waals surface area (Å²) in [7, 11) is 0. The van der Waals surface area contributed by atoms with Crippen molar-refractivity contribution in [3.63, 3.8) is 0 Å². The quantitative estimate of drug-likeness (QED) is 0.758. The van der Waals surface area contributed by atoms with Crippen LogP contribution in [0.5, 0.6) is 5.75 Å². The summed E-state index contributed by atoms with van der Waals surface area (Å²) in [5, 5.41) is 6.44. The Morgan fingerprint density at radius 1 is 1.05 bits per heavy atom. The molecule has 106 valence electrons. The van der Waals surface area contributed by atoms with E-state index in [4.69, 9.17) is 4.74 Å². The van der Waals surface area contributed by atoms with Gasteiger partial charge in [-0.15, -0.1) is 0 Å². The fourth-order valence-corrected chi connectivity index (χ4v) is 1.87. The summed E-state index contributed by atoms with van der Waals surface area (Å²) in [6.45, 7) is 6.30. The molecule has 0 aliphatic heterocycles. The van der Waals surface area contributed by atoms with Gasteiger partial charge in [-0.05, 0) is 43.7 Å². The van der Waals surface area contributed by atoms with Crippen LogP contribution < -0.4 is 15.4 Å². The van der Waals surface area contributed by atoms with Crippen LogP contribution in [0.25, 0.3) is 0 Å². The van der Waals surface area contributed by atoms with Crippen molar-refractivity contribution >= 4 is 11.6 Å². The van der Waals surface area contributed by atoms with Crippen molar-refractivity contribution in [2.75, 3.05) is 30.3 Å². The summed E-state index contributed by atoms with van der Waals surface area (Å²) in [5.41, 5.74) is 1.20. The third-order valence-corrected chi connectivity index (χ3v) is 2.77. The largest absolute Gasteiger partial charge is 0.492 e. The van der Waals surface area contributed by atoms with Crippen LogP contribution in [0.3, 0.4) is 0 Å². The van der Waals surface area contributed by atoms with E-state index in [0.717, 1.165) is 30.5 Å². The summed E-state index contributed by atoms with van der Waals surface area (Å²) in [6, 6.07) is 13.9. The lowest BCUT2D eigenvalue weighted by Crippen LogP contribution is -2.12. The molecule has 0 radical (unpaired) electrons. The summed E-state index contributed by atoms with van der Waals surface area (Å²) < 4.78 is 5.68. The van der Waals surface area contributed by atoms with Crippen molar-refractivity contribution in [1.29, 1.82) is 0 Å². The molecule has 0 atom stereocenters. The van der Waals surface area contributed by atoms with Crippen molar-refractivity contribution in [2.45, 2.75) is 13.8 Å². The van der Waals surface area contributed by atoms with E-state index < -0.39 is 0 Å². The van der Waals surface area contributed by atoms with Gasteiger partial charge in [-0.2, -0.15) is 0 Å². The summed E-state index contributed by atoms with van der Waals surface area (Å²) >= 11 is 0. The molecule has 0 unspecified atom stereocenters. The fraction of sp³-hybridized carbons (Fsp3) is 0.312. The monoisotopic (exact) mass is 271 g/mol. The molecule has 0 spiro atoms. The zero-order valence-corrected chi connectivity index (χ0v) is 12.0. The predicted octanol–water partition coefficient (Wildman–Crippen LogP) is 3.31. The van der Waals surface area contributed by atoms with Gasteiger partial charge in [-0.3, -0.25) is 0 Å². The van der Waals surface area contributed by atoms with Crippen LogP contribution in [0.1, 0.15) is 12.5 Å². The van der Waals surface area contributed by atoms with Crippen LogP contribution in [-0.2, 0) is 0 Å². The predicted molar refractivity (Wildman–Crippen MR) is 83.6 cm³/mol. The minimum Gasteiger partial charge on any atom is -0.492 e. The van der Waals surface area contributed by atoms with Crippen molar-refractivity contribution in [3.05, 3.63) is 48.0 Å². The molecule has 0 aliphatic rings. The molecule has 0 saturated carbocycles. The van der Waals surface area contributed by atoms with Gasteiger partial charge in [0.15, 0.2) is 0 Å². The van der Waals surface area contributed by atoms with Gasteiger partial charge in [0.1, 0.15) is 24.0 Å². The number of ether oxygens (including phenoxy) is 1. The fourth-order valence-electron chi connectivity index (χ4n) is 1.87. The maximum atomic E-state index is 5.68. The van der Waals surface area contributed by atoms with Crippen LogP contribution in [0.4, 0.5) is 11.6 Å². The average molecular weight is 271 g/mol. The topological polar surface area (TPSA) is 46.2 Å². The molecule has 0 bridgehead atoms. The van der Waals surface area contributed by atoms with Gasteiger partial charge in [-0.1, -0.05) is 18.2 Å². The van der Waals surface area contributed by atoms with Gasteiger partial charge in [0, 0.05) is 6.54 Å². The Bertz CT molecular complexity index is 543. The van der Waals surface area contributed by atoms with E-state index in [2.05, 4.69) is 35.5 Å². The van der Waals surface area contributed by atoms with Crippen molar-refractivity contribution in [3.8, 4) is 5.75 Å². The summed E-state index contributed by atoms with van der Waals surface area (Å²) in [4.78, 5) is 4.44. The standard InChI is InChI=1S/C16H21N3O/c1-3-17-15-8-5-9-16(19-15)18-10-11-20-14-7-4-6-13(2)12-14/h4-9,12H,3,10-11H2,1-2H3,(H2,17,18,19). The SMILES string of the molecule is CCNc1cccc(NCCOc2cccc(C)c2)n1. The maximum Gasteiger partial charge on any atom is 0.128 e. The number of hydrogen-bond acceptors (Lipinski definition) is 4. The molecule has 20 heavy (non-hydrogen) atoms. The second-order valence-corrected chi connectivity index (χ2v) is 4.53. The number of aromatic nitrogens is 1. The van der Waals surface area contributed by atoms with Gasteiger partial charge in [0.05, 0.1) is 6.54 Å². The molecule has 2 rings (SSSR count). The van der Waals surface area contributed by atoms with Gasteiger partial charge in [0.25, 0.3) is 0 Å². The Morgan fingerprint density at radius 3 is 2.55 bits per heavy atom. The third-order valence-electron chi connectivity index (χ3n) is 2.77. The number of rotatable bonds is 7. The molecular weight excluding hydrogens is 250 g/mol. The second kappa shape index (κ2) is 7.38. The highest BCUT2D eigenvalue weighted by Crippen LogP contribution is 2.12. The van der Waals surface area contributed by atoms with E-state index in [1.165, 1.54) is 5.56 Å². The molecule has 0 fully saturated rings. The van der Waals surface area contributed by atoms with Gasteiger partial charge >= 0.3 is 0 Å². The lowest BCUT2D eigenvalue weighted by atomic mass is 10.2. The number of hydrogen-bond donors (Lipinski definition) is 2. The van der Waals surface area contributed by atoms with Crippen molar-refractivity contribution < 1.29 is 4.74 Å². The summed E-state index contributed by atoms with van der Waals surface area (Å²) in [6.07, 6.45) is 0. The minimum absolute atomic E-state index is 0.608. The van der Waals surface area contributed by atoms with E-state index in [1.807, 2.05) is 36.4 Å². The molecule has 1 aromatic carbocycles. The lowest BCUT2D eigenvalue weighted by molar-refractivity contribution is 0.332. The minimum atomic E-state index is 0.608.